The highest BCUT2D eigenvalue weighted by molar-refractivity contribution is 5.94. The van der Waals surface area contributed by atoms with Gasteiger partial charge in [-0.2, -0.15) is 0 Å². The maximum atomic E-state index is 12.2. The SMILES string of the molecule is Cc1nc(C)c(C)c(N2CCC(NC(=O)c3cccnc3)CC2)n1. The molecule has 1 saturated heterocycles. The van der Waals surface area contributed by atoms with Crippen molar-refractivity contribution in [3.8, 4) is 0 Å². The number of piperidine rings is 1. The summed E-state index contributed by atoms with van der Waals surface area (Å²) in [7, 11) is 0. The Balaban J connectivity index is 1.61. The lowest BCUT2D eigenvalue weighted by Gasteiger charge is -2.34. The van der Waals surface area contributed by atoms with Crippen molar-refractivity contribution in [2.24, 2.45) is 0 Å². The highest BCUT2D eigenvalue weighted by atomic mass is 16.1. The summed E-state index contributed by atoms with van der Waals surface area (Å²) in [5.41, 5.74) is 2.78. The van der Waals surface area contributed by atoms with Crippen molar-refractivity contribution < 1.29 is 4.79 Å². The molecular weight excluding hydrogens is 302 g/mol. The molecule has 0 spiro atoms. The summed E-state index contributed by atoms with van der Waals surface area (Å²) in [5, 5.41) is 3.11. The number of aromatic nitrogens is 3. The highest BCUT2D eigenvalue weighted by Crippen LogP contribution is 2.23. The summed E-state index contributed by atoms with van der Waals surface area (Å²) in [4.78, 5) is 27.5. The van der Waals surface area contributed by atoms with Crippen LogP contribution in [0.1, 0.15) is 40.3 Å². The average Bonchev–Trinajstić information content (AvgIpc) is 2.59. The van der Waals surface area contributed by atoms with Crippen LogP contribution in [0.15, 0.2) is 24.5 Å². The van der Waals surface area contributed by atoms with Crippen LogP contribution >= 0.6 is 0 Å². The number of nitrogens with one attached hydrogen (secondary N) is 1. The molecule has 0 saturated carbocycles. The number of aryl methyl sites for hydroxylation is 2. The number of carbonyl (C=O) groups is 1. The van der Waals surface area contributed by atoms with Crippen molar-refractivity contribution in [1.82, 2.24) is 20.3 Å². The van der Waals surface area contributed by atoms with E-state index in [1.807, 2.05) is 13.8 Å². The predicted octanol–water partition coefficient (Wildman–Crippen LogP) is 2.20. The minimum Gasteiger partial charge on any atom is -0.356 e. The fraction of sp³-hybridized carbons (Fsp3) is 0.444. The number of hydrogen-bond acceptors (Lipinski definition) is 5. The molecule has 0 atom stereocenters. The Bertz CT molecular complexity index is 724. The van der Waals surface area contributed by atoms with Gasteiger partial charge < -0.3 is 10.2 Å². The summed E-state index contributed by atoms with van der Waals surface area (Å²) >= 11 is 0. The van der Waals surface area contributed by atoms with Gasteiger partial charge in [0, 0.05) is 42.8 Å². The van der Waals surface area contributed by atoms with E-state index in [4.69, 9.17) is 0 Å². The summed E-state index contributed by atoms with van der Waals surface area (Å²) in [6, 6.07) is 3.76. The van der Waals surface area contributed by atoms with Crippen LogP contribution in [0, 0.1) is 20.8 Å². The maximum Gasteiger partial charge on any atom is 0.253 e. The molecule has 0 unspecified atom stereocenters. The van der Waals surface area contributed by atoms with E-state index in [9.17, 15) is 4.79 Å². The van der Waals surface area contributed by atoms with Crippen LogP contribution in [0.3, 0.4) is 0 Å². The first kappa shape index (κ1) is 16.4. The zero-order valence-corrected chi connectivity index (χ0v) is 14.4. The Kier molecular flexibility index (Phi) is 4.74. The first-order chi connectivity index (χ1) is 11.5. The molecule has 1 N–H and O–H groups in total. The van der Waals surface area contributed by atoms with Gasteiger partial charge in [0.05, 0.1) is 5.56 Å². The molecule has 6 nitrogen and oxygen atoms in total. The lowest BCUT2D eigenvalue weighted by molar-refractivity contribution is 0.0930. The molecule has 126 valence electrons. The van der Waals surface area contributed by atoms with Crippen LogP contribution in [0.2, 0.25) is 0 Å². The van der Waals surface area contributed by atoms with E-state index >= 15 is 0 Å². The van der Waals surface area contributed by atoms with Gasteiger partial charge in [-0.3, -0.25) is 9.78 Å². The molecule has 1 aliphatic heterocycles. The van der Waals surface area contributed by atoms with Crippen molar-refractivity contribution in [2.45, 2.75) is 39.7 Å². The number of nitrogens with zero attached hydrogens (tertiary/aromatic N) is 4. The van der Waals surface area contributed by atoms with E-state index in [2.05, 4.69) is 32.1 Å². The summed E-state index contributed by atoms with van der Waals surface area (Å²) in [5.74, 6) is 1.78. The number of amides is 1. The molecule has 1 amide bonds. The standard InChI is InChI=1S/C18H23N5O/c1-12-13(2)20-14(3)21-17(12)23-9-6-16(7-10-23)22-18(24)15-5-4-8-19-11-15/h4-5,8,11,16H,6-7,9-10H2,1-3H3,(H,22,24). The Labute approximate surface area is 142 Å². The molecule has 3 heterocycles. The molecule has 0 radical (unpaired) electrons. The Morgan fingerprint density at radius 1 is 1.21 bits per heavy atom. The van der Waals surface area contributed by atoms with E-state index in [-0.39, 0.29) is 11.9 Å². The topological polar surface area (TPSA) is 71.0 Å². The van der Waals surface area contributed by atoms with Crippen molar-refractivity contribution in [2.75, 3.05) is 18.0 Å². The quantitative estimate of drug-likeness (QED) is 0.937. The zero-order valence-electron chi connectivity index (χ0n) is 14.4. The largest absolute Gasteiger partial charge is 0.356 e. The normalized spacial score (nSPS) is 15.4. The number of pyridine rings is 1. The van der Waals surface area contributed by atoms with Gasteiger partial charge in [0.25, 0.3) is 5.91 Å². The molecule has 1 fully saturated rings. The third-order valence-corrected chi connectivity index (χ3v) is 4.53. The van der Waals surface area contributed by atoms with Crippen molar-refractivity contribution in [3.05, 3.63) is 47.2 Å². The lowest BCUT2D eigenvalue weighted by atomic mass is 10.0. The van der Waals surface area contributed by atoms with Gasteiger partial charge in [-0.05, 0) is 45.7 Å². The van der Waals surface area contributed by atoms with Crippen LogP contribution < -0.4 is 10.2 Å². The van der Waals surface area contributed by atoms with Gasteiger partial charge in [-0.1, -0.05) is 0 Å². The third kappa shape index (κ3) is 3.53. The van der Waals surface area contributed by atoms with Gasteiger partial charge in [-0.25, -0.2) is 9.97 Å². The summed E-state index contributed by atoms with van der Waals surface area (Å²) in [6.45, 7) is 7.79. The van der Waals surface area contributed by atoms with E-state index in [0.29, 0.717) is 5.56 Å². The Morgan fingerprint density at radius 3 is 2.62 bits per heavy atom. The van der Waals surface area contributed by atoms with Crippen molar-refractivity contribution >= 4 is 11.7 Å². The van der Waals surface area contributed by atoms with Crippen LogP contribution in [-0.4, -0.2) is 40.0 Å². The predicted molar refractivity (Wildman–Crippen MR) is 93.2 cm³/mol. The van der Waals surface area contributed by atoms with Gasteiger partial charge >= 0.3 is 0 Å². The Hall–Kier alpha value is -2.50. The van der Waals surface area contributed by atoms with Crippen molar-refractivity contribution in [1.29, 1.82) is 0 Å². The van der Waals surface area contributed by atoms with E-state index in [1.54, 1.807) is 24.5 Å². The first-order valence-electron chi connectivity index (χ1n) is 8.32. The molecule has 1 aliphatic rings. The molecule has 0 aromatic carbocycles. The van der Waals surface area contributed by atoms with Crippen molar-refractivity contribution in [3.63, 3.8) is 0 Å². The molecule has 0 aliphatic carbocycles. The first-order valence-corrected chi connectivity index (χ1v) is 8.32. The second-order valence-electron chi connectivity index (χ2n) is 6.28. The number of carbonyl (C=O) groups excluding carboxylic acids is 1. The van der Waals surface area contributed by atoms with Gasteiger partial charge in [-0.15, -0.1) is 0 Å². The summed E-state index contributed by atoms with van der Waals surface area (Å²) in [6.07, 6.45) is 5.09. The lowest BCUT2D eigenvalue weighted by Crippen LogP contribution is -2.45. The zero-order chi connectivity index (χ0) is 17.1. The molecule has 24 heavy (non-hydrogen) atoms. The molecule has 3 rings (SSSR count). The molecule has 6 heteroatoms. The average molecular weight is 325 g/mol. The maximum absolute atomic E-state index is 12.2. The van der Waals surface area contributed by atoms with Gasteiger partial charge in [0.1, 0.15) is 11.6 Å². The molecule has 2 aromatic rings. The van der Waals surface area contributed by atoms with E-state index < -0.39 is 0 Å². The van der Waals surface area contributed by atoms with E-state index in [0.717, 1.165) is 48.8 Å². The fourth-order valence-corrected chi connectivity index (χ4v) is 3.06. The minimum atomic E-state index is -0.0496. The van der Waals surface area contributed by atoms with Crippen LogP contribution in [0.25, 0.3) is 0 Å². The highest BCUT2D eigenvalue weighted by Gasteiger charge is 2.23. The van der Waals surface area contributed by atoms with Crippen LogP contribution in [-0.2, 0) is 0 Å². The molecular formula is C18H23N5O. The Morgan fingerprint density at radius 2 is 1.96 bits per heavy atom. The second-order valence-corrected chi connectivity index (χ2v) is 6.28. The molecule has 0 bridgehead atoms. The van der Waals surface area contributed by atoms with Crippen LogP contribution in [0.4, 0.5) is 5.82 Å². The number of rotatable bonds is 3. The summed E-state index contributed by atoms with van der Waals surface area (Å²) < 4.78 is 0. The third-order valence-electron chi connectivity index (χ3n) is 4.53. The van der Waals surface area contributed by atoms with E-state index in [1.165, 1.54) is 0 Å². The number of anilines is 1. The minimum absolute atomic E-state index is 0.0496. The fourth-order valence-electron chi connectivity index (χ4n) is 3.06. The van der Waals surface area contributed by atoms with Gasteiger partial charge in [0.15, 0.2) is 0 Å². The smallest absolute Gasteiger partial charge is 0.253 e. The van der Waals surface area contributed by atoms with Gasteiger partial charge in [0.2, 0.25) is 0 Å². The number of hydrogen-bond donors (Lipinski definition) is 1. The monoisotopic (exact) mass is 325 g/mol. The second kappa shape index (κ2) is 6.95. The molecule has 2 aromatic heterocycles. The van der Waals surface area contributed by atoms with Crippen LogP contribution in [0.5, 0.6) is 0 Å².